The predicted octanol–water partition coefficient (Wildman–Crippen LogP) is 2.44. The molecule has 0 aromatic carbocycles. The van der Waals surface area contributed by atoms with E-state index >= 15 is 0 Å². The normalized spacial score (nSPS) is 17.1. The summed E-state index contributed by atoms with van der Waals surface area (Å²) in [4.78, 5) is 1.15. The van der Waals surface area contributed by atoms with Crippen molar-refractivity contribution in [2.45, 2.75) is 43.7 Å². The van der Waals surface area contributed by atoms with E-state index in [2.05, 4.69) is 20.7 Å². The zero-order valence-electron chi connectivity index (χ0n) is 10.4. The van der Waals surface area contributed by atoms with E-state index in [1.165, 1.54) is 11.3 Å². The number of sulfonamides is 1. The van der Waals surface area contributed by atoms with Crippen molar-refractivity contribution < 1.29 is 8.42 Å². The molecule has 4 nitrogen and oxygen atoms in total. The summed E-state index contributed by atoms with van der Waals surface area (Å²) in [6.07, 6.45) is 2.18. The second-order valence-corrected chi connectivity index (χ2v) is 9.26. The highest BCUT2D eigenvalue weighted by atomic mass is 79.9. The lowest BCUT2D eigenvalue weighted by Gasteiger charge is -2.25. The molecule has 1 heterocycles. The first kappa shape index (κ1) is 14.5. The Bertz CT molecular complexity index is 547. The van der Waals surface area contributed by atoms with E-state index in [1.807, 2.05) is 13.8 Å². The van der Waals surface area contributed by atoms with E-state index in [0.29, 0.717) is 21.1 Å². The lowest BCUT2D eigenvalue weighted by Crippen LogP contribution is -2.45. The SMILES string of the molecule is CC(C)(NS(=O)(=O)c1cc(CN)sc1Br)C1CC1. The third kappa shape index (κ3) is 2.96. The minimum absolute atomic E-state index is 0.293. The van der Waals surface area contributed by atoms with Crippen LogP contribution in [0.4, 0.5) is 0 Å². The van der Waals surface area contributed by atoms with Gasteiger partial charge < -0.3 is 5.73 Å². The van der Waals surface area contributed by atoms with Crippen LogP contribution in [0.15, 0.2) is 14.7 Å². The molecule has 1 aromatic heterocycles. The maximum atomic E-state index is 12.4. The van der Waals surface area contributed by atoms with Gasteiger partial charge in [0.1, 0.15) is 4.90 Å². The predicted molar refractivity (Wildman–Crippen MR) is 77.0 cm³/mol. The molecule has 0 unspecified atom stereocenters. The molecule has 2 rings (SSSR count). The molecule has 1 aliphatic rings. The van der Waals surface area contributed by atoms with Gasteiger partial charge in [-0.25, -0.2) is 13.1 Å². The van der Waals surface area contributed by atoms with Gasteiger partial charge in [-0.2, -0.15) is 0 Å². The Morgan fingerprint density at radius 1 is 1.56 bits per heavy atom. The number of thiophene rings is 1. The van der Waals surface area contributed by atoms with Gasteiger partial charge in [0.2, 0.25) is 10.0 Å². The quantitative estimate of drug-likeness (QED) is 0.854. The Balaban J connectivity index is 2.27. The average Bonchev–Trinajstić information content (AvgIpc) is 3.01. The first-order valence-corrected chi connectivity index (χ1v) is 8.88. The van der Waals surface area contributed by atoms with Gasteiger partial charge in [-0.15, -0.1) is 11.3 Å². The van der Waals surface area contributed by atoms with Crippen molar-refractivity contribution in [3.63, 3.8) is 0 Å². The van der Waals surface area contributed by atoms with Crippen LogP contribution in [0.25, 0.3) is 0 Å². The summed E-state index contributed by atoms with van der Waals surface area (Å²) in [6, 6.07) is 1.64. The number of nitrogens with one attached hydrogen (secondary N) is 1. The monoisotopic (exact) mass is 352 g/mol. The molecule has 0 aliphatic heterocycles. The summed E-state index contributed by atoms with van der Waals surface area (Å²) in [5.74, 6) is 0.443. The molecule has 0 spiro atoms. The van der Waals surface area contributed by atoms with Crippen molar-refractivity contribution in [1.82, 2.24) is 4.72 Å². The first-order valence-electron chi connectivity index (χ1n) is 5.78. The van der Waals surface area contributed by atoms with Gasteiger partial charge in [-0.1, -0.05) is 0 Å². The van der Waals surface area contributed by atoms with Crippen LogP contribution in [-0.4, -0.2) is 14.0 Å². The molecule has 1 fully saturated rings. The summed E-state index contributed by atoms with van der Waals surface area (Å²) in [5.41, 5.74) is 5.15. The molecule has 1 saturated carbocycles. The summed E-state index contributed by atoms with van der Waals surface area (Å²) in [5, 5.41) is 0. The summed E-state index contributed by atoms with van der Waals surface area (Å²) < 4.78 is 28.1. The molecule has 18 heavy (non-hydrogen) atoms. The van der Waals surface area contributed by atoms with E-state index in [9.17, 15) is 8.42 Å². The Labute approximate surface area is 120 Å². The van der Waals surface area contributed by atoms with Crippen LogP contribution >= 0.6 is 27.3 Å². The van der Waals surface area contributed by atoms with Crippen LogP contribution in [0.5, 0.6) is 0 Å². The highest BCUT2D eigenvalue weighted by Crippen LogP contribution is 2.40. The molecule has 0 atom stereocenters. The molecule has 0 radical (unpaired) electrons. The van der Waals surface area contributed by atoms with E-state index in [-0.39, 0.29) is 5.54 Å². The Hall–Kier alpha value is 0.0500. The average molecular weight is 353 g/mol. The first-order chi connectivity index (χ1) is 8.26. The minimum Gasteiger partial charge on any atom is -0.326 e. The van der Waals surface area contributed by atoms with Gasteiger partial charge in [-0.3, -0.25) is 0 Å². The van der Waals surface area contributed by atoms with E-state index in [4.69, 9.17) is 5.73 Å². The zero-order chi connectivity index (χ0) is 13.6. The van der Waals surface area contributed by atoms with E-state index in [0.717, 1.165) is 17.7 Å². The number of rotatable bonds is 5. The van der Waals surface area contributed by atoms with Crippen LogP contribution in [0, 0.1) is 5.92 Å². The van der Waals surface area contributed by atoms with Gasteiger partial charge in [0.15, 0.2) is 0 Å². The fourth-order valence-corrected chi connectivity index (χ4v) is 6.01. The molecule has 0 bridgehead atoms. The van der Waals surface area contributed by atoms with E-state index in [1.54, 1.807) is 6.07 Å². The van der Waals surface area contributed by atoms with Gasteiger partial charge >= 0.3 is 0 Å². The van der Waals surface area contributed by atoms with Crippen molar-refractivity contribution in [1.29, 1.82) is 0 Å². The highest BCUT2D eigenvalue weighted by molar-refractivity contribution is 9.11. The maximum absolute atomic E-state index is 12.4. The molecule has 1 aromatic rings. The lowest BCUT2D eigenvalue weighted by molar-refractivity contribution is 0.400. The van der Waals surface area contributed by atoms with E-state index < -0.39 is 10.0 Å². The number of hydrogen-bond donors (Lipinski definition) is 2. The van der Waals surface area contributed by atoms with Crippen molar-refractivity contribution in [2.75, 3.05) is 0 Å². The molecule has 3 N–H and O–H groups in total. The fraction of sp³-hybridized carbons (Fsp3) is 0.636. The zero-order valence-corrected chi connectivity index (χ0v) is 13.6. The van der Waals surface area contributed by atoms with Gasteiger partial charge in [0.25, 0.3) is 0 Å². The molecular formula is C11H17BrN2O2S2. The summed E-state index contributed by atoms with van der Waals surface area (Å²) in [6.45, 7) is 4.23. The Kier molecular flexibility index (Phi) is 3.91. The van der Waals surface area contributed by atoms with Gasteiger partial charge in [-0.05, 0) is 54.6 Å². The standard InChI is InChI=1S/C11H17BrN2O2S2/c1-11(2,7-3-4-7)14-18(15,16)9-5-8(6-13)17-10(9)12/h5,7,14H,3-4,6,13H2,1-2H3. The summed E-state index contributed by atoms with van der Waals surface area (Å²) >= 11 is 4.66. The van der Waals surface area contributed by atoms with Crippen molar-refractivity contribution >= 4 is 37.3 Å². The third-order valence-electron chi connectivity index (χ3n) is 3.19. The second-order valence-electron chi connectivity index (χ2n) is 5.16. The summed E-state index contributed by atoms with van der Waals surface area (Å²) in [7, 11) is -3.48. The second kappa shape index (κ2) is 4.86. The van der Waals surface area contributed by atoms with Crippen LogP contribution in [0.3, 0.4) is 0 Å². The highest BCUT2D eigenvalue weighted by Gasteiger charge is 2.41. The van der Waals surface area contributed by atoms with Crippen molar-refractivity contribution in [3.05, 3.63) is 14.7 Å². The molecular weight excluding hydrogens is 336 g/mol. The number of nitrogens with two attached hydrogens (primary N) is 1. The van der Waals surface area contributed by atoms with Crippen LogP contribution in [-0.2, 0) is 16.6 Å². The molecule has 1 aliphatic carbocycles. The maximum Gasteiger partial charge on any atom is 0.243 e. The lowest BCUT2D eigenvalue weighted by atomic mass is 10.0. The van der Waals surface area contributed by atoms with Crippen molar-refractivity contribution in [3.8, 4) is 0 Å². The van der Waals surface area contributed by atoms with Gasteiger partial charge in [0.05, 0.1) is 3.79 Å². The molecule has 0 amide bonds. The third-order valence-corrected chi connectivity index (χ3v) is 7.14. The molecule has 7 heteroatoms. The minimum atomic E-state index is -3.48. The Morgan fingerprint density at radius 2 is 2.17 bits per heavy atom. The van der Waals surface area contributed by atoms with Crippen LogP contribution in [0.1, 0.15) is 31.6 Å². The van der Waals surface area contributed by atoms with Crippen LogP contribution < -0.4 is 10.5 Å². The molecule has 102 valence electrons. The van der Waals surface area contributed by atoms with Gasteiger partial charge in [0, 0.05) is 17.0 Å². The topological polar surface area (TPSA) is 72.2 Å². The number of hydrogen-bond acceptors (Lipinski definition) is 4. The van der Waals surface area contributed by atoms with Crippen LogP contribution in [0.2, 0.25) is 0 Å². The van der Waals surface area contributed by atoms with Crippen molar-refractivity contribution in [2.24, 2.45) is 11.7 Å². The number of halogens is 1. The largest absolute Gasteiger partial charge is 0.326 e. The fourth-order valence-electron chi connectivity index (χ4n) is 1.97. The molecule has 0 saturated heterocycles. The smallest absolute Gasteiger partial charge is 0.243 e. The Morgan fingerprint density at radius 3 is 2.61 bits per heavy atom.